The van der Waals surface area contributed by atoms with Crippen LogP contribution in [-0.4, -0.2) is 82.8 Å². The van der Waals surface area contributed by atoms with E-state index in [0.29, 0.717) is 35.3 Å². The van der Waals surface area contributed by atoms with E-state index in [4.69, 9.17) is 14.5 Å². The van der Waals surface area contributed by atoms with Crippen molar-refractivity contribution in [3.63, 3.8) is 0 Å². The minimum absolute atomic E-state index is 0.164. The van der Waals surface area contributed by atoms with Gasteiger partial charge in [-0.1, -0.05) is 12.1 Å². The van der Waals surface area contributed by atoms with Gasteiger partial charge in [-0.2, -0.15) is 0 Å². The topological polar surface area (TPSA) is 84.9 Å². The fourth-order valence-electron chi connectivity index (χ4n) is 4.97. The highest BCUT2D eigenvalue weighted by Gasteiger charge is 2.25. The van der Waals surface area contributed by atoms with E-state index < -0.39 is 0 Å². The number of likely N-dealkylation sites (N-methyl/N-ethyl adjacent to an activating group) is 1. The van der Waals surface area contributed by atoms with Gasteiger partial charge in [-0.25, -0.2) is 19.1 Å². The Morgan fingerprint density at radius 3 is 2.44 bits per heavy atom. The molecule has 226 valence electrons. The van der Waals surface area contributed by atoms with Crippen LogP contribution in [0.2, 0.25) is 0 Å². The van der Waals surface area contributed by atoms with Gasteiger partial charge in [0.25, 0.3) is 0 Å². The van der Waals surface area contributed by atoms with Crippen LogP contribution in [0.1, 0.15) is 5.56 Å². The molecular formula is C32H38FN7O3. The molecule has 0 aromatic heterocycles. The Bertz CT molecular complexity index is 1490. The molecule has 5 rings (SSSR count). The van der Waals surface area contributed by atoms with Gasteiger partial charge in [-0.3, -0.25) is 0 Å². The first-order chi connectivity index (χ1) is 20.8. The van der Waals surface area contributed by atoms with Gasteiger partial charge in [0.1, 0.15) is 35.6 Å². The molecule has 11 heteroatoms. The van der Waals surface area contributed by atoms with Gasteiger partial charge in [0.05, 0.1) is 25.6 Å². The number of anilines is 3. The highest BCUT2D eigenvalue weighted by molar-refractivity contribution is 6.21. The standard InChI is InChI=1S/C32H38FN7O3/c1-37-14-16-39(17-15-37)25-8-10-26(11-9-25)40(32(41)34-21-23-6-5-7-24(33)18-23)30-20-31(38(2)22-35-30)36-28-13-12-27(42-3)19-29(28)43-4/h5-13,18-20,36H,14-17,21-22H2,1-4H3,(H,34,41). The quantitative estimate of drug-likeness (QED) is 0.400. The summed E-state index contributed by atoms with van der Waals surface area (Å²) >= 11 is 0. The molecule has 0 unspecified atom stereocenters. The van der Waals surface area contributed by atoms with Crippen LogP contribution in [0.15, 0.2) is 83.6 Å². The largest absolute Gasteiger partial charge is 0.497 e. The van der Waals surface area contributed by atoms with Gasteiger partial charge in [0, 0.05) is 57.6 Å². The van der Waals surface area contributed by atoms with Crippen molar-refractivity contribution in [2.45, 2.75) is 6.54 Å². The zero-order valence-corrected chi connectivity index (χ0v) is 25.0. The fourth-order valence-corrected chi connectivity index (χ4v) is 4.97. The third kappa shape index (κ3) is 7.18. The molecule has 2 amide bonds. The summed E-state index contributed by atoms with van der Waals surface area (Å²) in [6, 6.07) is 19.3. The number of nitrogens with one attached hydrogen (secondary N) is 2. The first-order valence-corrected chi connectivity index (χ1v) is 14.2. The smallest absolute Gasteiger partial charge is 0.327 e. The van der Waals surface area contributed by atoms with Crippen LogP contribution in [-0.2, 0) is 6.54 Å². The molecule has 1 saturated heterocycles. The van der Waals surface area contributed by atoms with E-state index in [1.807, 2.05) is 54.4 Å². The number of amides is 2. The third-order valence-electron chi connectivity index (χ3n) is 7.53. The summed E-state index contributed by atoms with van der Waals surface area (Å²) in [5.41, 5.74) is 3.16. The van der Waals surface area contributed by atoms with Gasteiger partial charge in [-0.05, 0) is 61.1 Å². The maximum absolute atomic E-state index is 13.8. The Balaban J connectivity index is 1.43. The second kappa shape index (κ2) is 13.5. The molecular weight excluding hydrogens is 549 g/mol. The number of piperazine rings is 1. The lowest BCUT2D eigenvalue weighted by Crippen LogP contribution is -2.45. The number of halogens is 1. The average molecular weight is 588 g/mol. The number of benzene rings is 3. The summed E-state index contributed by atoms with van der Waals surface area (Å²) in [7, 11) is 7.24. The lowest BCUT2D eigenvalue weighted by Gasteiger charge is -2.34. The molecule has 0 aliphatic carbocycles. The first-order valence-electron chi connectivity index (χ1n) is 14.2. The van der Waals surface area contributed by atoms with E-state index in [0.717, 1.165) is 43.4 Å². The van der Waals surface area contributed by atoms with Crippen molar-refractivity contribution in [2.75, 3.05) is 76.3 Å². The van der Waals surface area contributed by atoms with E-state index in [2.05, 4.69) is 27.5 Å². The lowest BCUT2D eigenvalue weighted by atomic mass is 10.2. The number of amidine groups is 1. The molecule has 0 radical (unpaired) electrons. The minimum atomic E-state index is -0.377. The zero-order valence-electron chi connectivity index (χ0n) is 25.0. The van der Waals surface area contributed by atoms with Crippen LogP contribution < -0.4 is 29.9 Å². The summed E-state index contributed by atoms with van der Waals surface area (Å²) in [4.78, 5) is 26.6. The predicted molar refractivity (Wildman–Crippen MR) is 169 cm³/mol. The van der Waals surface area contributed by atoms with Crippen molar-refractivity contribution < 1.29 is 18.7 Å². The van der Waals surface area contributed by atoms with Crippen LogP contribution in [0.4, 0.5) is 26.2 Å². The third-order valence-corrected chi connectivity index (χ3v) is 7.53. The van der Waals surface area contributed by atoms with Crippen LogP contribution in [0, 0.1) is 5.82 Å². The fraction of sp³-hybridized carbons (Fsp3) is 0.312. The van der Waals surface area contributed by atoms with Crippen molar-refractivity contribution in [3.8, 4) is 11.5 Å². The molecule has 2 aliphatic rings. The van der Waals surface area contributed by atoms with E-state index in [1.165, 1.54) is 12.1 Å². The highest BCUT2D eigenvalue weighted by Crippen LogP contribution is 2.31. The molecule has 2 N–H and O–H groups in total. The molecule has 0 bridgehead atoms. The Hall–Kier alpha value is -4.77. The van der Waals surface area contributed by atoms with E-state index in [1.54, 1.807) is 37.3 Å². The Kier molecular flexibility index (Phi) is 9.31. The Labute approximate surface area is 252 Å². The first kappa shape index (κ1) is 29.7. The number of carbonyl (C=O) groups is 1. The van der Waals surface area contributed by atoms with Crippen LogP contribution >= 0.6 is 0 Å². The van der Waals surface area contributed by atoms with E-state index >= 15 is 0 Å². The molecule has 0 atom stereocenters. The zero-order chi connectivity index (χ0) is 30.3. The molecule has 3 aromatic rings. The summed E-state index contributed by atoms with van der Waals surface area (Å²) < 4.78 is 24.7. The second-order valence-electron chi connectivity index (χ2n) is 10.5. The summed E-state index contributed by atoms with van der Waals surface area (Å²) in [6.07, 6.45) is 1.82. The molecule has 2 heterocycles. The van der Waals surface area contributed by atoms with Gasteiger partial charge in [0.2, 0.25) is 0 Å². The number of hydrogen-bond donors (Lipinski definition) is 2. The number of ether oxygens (including phenoxy) is 2. The van der Waals surface area contributed by atoms with Crippen LogP contribution in [0.3, 0.4) is 0 Å². The normalized spacial score (nSPS) is 15.4. The summed E-state index contributed by atoms with van der Waals surface area (Å²) in [6.45, 7) is 4.37. The Morgan fingerprint density at radius 2 is 1.74 bits per heavy atom. The highest BCUT2D eigenvalue weighted by atomic mass is 19.1. The monoisotopic (exact) mass is 587 g/mol. The van der Waals surface area contributed by atoms with Gasteiger partial charge >= 0.3 is 6.03 Å². The Morgan fingerprint density at radius 1 is 0.977 bits per heavy atom. The number of nitrogens with zero attached hydrogens (tertiary/aromatic N) is 5. The second-order valence-corrected chi connectivity index (χ2v) is 10.5. The number of urea groups is 1. The van der Waals surface area contributed by atoms with Gasteiger partial charge in [0.15, 0.2) is 0 Å². The van der Waals surface area contributed by atoms with Crippen molar-refractivity contribution in [1.82, 2.24) is 15.1 Å². The van der Waals surface area contributed by atoms with E-state index in [-0.39, 0.29) is 18.4 Å². The SMILES string of the molecule is COc1ccc(NC2=CC(N(C(=O)NCc3cccc(F)c3)c3ccc(N4CCN(C)CC4)cc3)=NCN2C)c(OC)c1. The van der Waals surface area contributed by atoms with Crippen LogP contribution in [0.5, 0.6) is 11.5 Å². The van der Waals surface area contributed by atoms with Gasteiger partial charge < -0.3 is 34.8 Å². The van der Waals surface area contributed by atoms with Crippen molar-refractivity contribution in [3.05, 3.63) is 90.0 Å². The van der Waals surface area contributed by atoms with Crippen molar-refractivity contribution in [1.29, 1.82) is 0 Å². The van der Waals surface area contributed by atoms with Crippen LogP contribution in [0.25, 0.3) is 0 Å². The molecule has 1 fully saturated rings. The predicted octanol–water partition coefficient (Wildman–Crippen LogP) is 4.57. The average Bonchev–Trinajstić information content (AvgIpc) is 3.02. The molecule has 0 spiro atoms. The molecule has 10 nitrogen and oxygen atoms in total. The summed E-state index contributed by atoms with van der Waals surface area (Å²) in [5, 5.41) is 6.35. The molecule has 43 heavy (non-hydrogen) atoms. The molecule has 3 aromatic carbocycles. The van der Waals surface area contributed by atoms with Crippen molar-refractivity contribution >= 4 is 28.9 Å². The maximum atomic E-state index is 13.8. The number of methoxy groups -OCH3 is 2. The van der Waals surface area contributed by atoms with Crippen molar-refractivity contribution in [2.24, 2.45) is 4.99 Å². The molecule has 2 aliphatic heterocycles. The van der Waals surface area contributed by atoms with E-state index in [9.17, 15) is 9.18 Å². The summed E-state index contributed by atoms with van der Waals surface area (Å²) in [5.74, 6) is 2.12. The minimum Gasteiger partial charge on any atom is -0.497 e. The number of hydrogen-bond acceptors (Lipinski definition) is 8. The van der Waals surface area contributed by atoms with Gasteiger partial charge in [-0.15, -0.1) is 0 Å². The number of carbonyl (C=O) groups excluding carboxylic acids is 1. The molecule has 0 saturated carbocycles. The lowest BCUT2D eigenvalue weighted by molar-refractivity contribution is 0.248. The maximum Gasteiger partial charge on any atom is 0.327 e. The number of aliphatic imine (C=N–C) groups is 1. The number of rotatable bonds is 8.